The fourth-order valence-corrected chi connectivity index (χ4v) is 3.61. The Morgan fingerprint density at radius 3 is 2.68 bits per heavy atom. The first-order valence-electron chi connectivity index (χ1n) is 7.42. The number of benzene rings is 1. The van der Waals surface area contributed by atoms with E-state index in [0.717, 1.165) is 6.07 Å². The van der Waals surface area contributed by atoms with Gasteiger partial charge in [-0.25, -0.2) is 17.5 Å². The van der Waals surface area contributed by atoms with Crippen LogP contribution in [-0.4, -0.2) is 28.2 Å². The lowest BCUT2D eigenvalue weighted by Crippen LogP contribution is -2.25. The Bertz CT molecular complexity index is 1000. The van der Waals surface area contributed by atoms with E-state index in [9.17, 15) is 12.8 Å². The third kappa shape index (κ3) is 3.72. The first-order chi connectivity index (χ1) is 11.9. The zero-order valence-corrected chi connectivity index (χ0v) is 14.5. The Balaban J connectivity index is 1.80. The lowest BCUT2D eigenvalue weighted by molar-refractivity contribution is 0.575. The molecule has 3 aromatic rings. The van der Waals surface area contributed by atoms with E-state index in [1.54, 1.807) is 43.3 Å². The monoisotopic (exact) mass is 361 g/mol. The molecular weight excluding hydrogens is 345 g/mol. The van der Waals surface area contributed by atoms with Gasteiger partial charge in [-0.1, -0.05) is 0 Å². The highest BCUT2D eigenvalue weighted by Gasteiger charge is 2.18. The van der Waals surface area contributed by atoms with Crippen molar-refractivity contribution in [3.63, 3.8) is 0 Å². The second kappa shape index (κ2) is 6.69. The molecule has 0 aliphatic heterocycles. The van der Waals surface area contributed by atoms with Crippen molar-refractivity contribution in [3.8, 4) is 11.4 Å². The molecule has 0 saturated carbocycles. The molecule has 0 aliphatic rings. The molecule has 2 heterocycles. The quantitative estimate of drug-likeness (QED) is 0.748. The Labute approximate surface area is 144 Å². The van der Waals surface area contributed by atoms with Gasteiger partial charge in [0.15, 0.2) is 0 Å². The van der Waals surface area contributed by atoms with Crippen LogP contribution in [0, 0.1) is 12.7 Å². The highest BCUT2D eigenvalue weighted by atomic mass is 32.2. The molecule has 0 spiro atoms. The van der Waals surface area contributed by atoms with Crippen LogP contribution in [0.2, 0.25) is 0 Å². The van der Waals surface area contributed by atoms with Crippen molar-refractivity contribution in [3.05, 3.63) is 59.9 Å². The smallest absolute Gasteiger partial charge is 0.241 e. The lowest BCUT2D eigenvalue weighted by atomic mass is 10.2. The minimum Gasteiger partial charge on any atom is -0.271 e. The number of sulfonamides is 1. The van der Waals surface area contributed by atoms with E-state index in [1.807, 2.05) is 0 Å². The average molecular weight is 361 g/mol. The summed E-state index contributed by atoms with van der Waals surface area (Å²) >= 11 is 0. The van der Waals surface area contributed by atoms with Gasteiger partial charge in [0, 0.05) is 19.4 Å². The van der Waals surface area contributed by atoms with E-state index in [2.05, 4.69) is 19.8 Å². The van der Waals surface area contributed by atoms with Gasteiger partial charge in [0.05, 0.1) is 23.3 Å². The maximum Gasteiger partial charge on any atom is 0.241 e. The number of rotatable bonds is 5. The largest absolute Gasteiger partial charge is 0.271 e. The summed E-state index contributed by atoms with van der Waals surface area (Å²) in [5, 5.41) is 4.31. The van der Waals surface area contributed by atoms with Crippen molar-refractivity contribution in [2.75, 3.05) is 0 Å². The Kier molecular flexibility index (Phi) is 4.60. The minimum absolute atomic E-state index is 0.0446. The van der Waals surface area contributed by atoms with Crippen LogP contribution in [0.4, 0.5) is 4.39 Å². The molecule has 2 aromatic heterocycles. The second-order valence-corrected chi connectivity index (χ2v) is 7.20. The van der Waals surface area contributed by atoms with E-state index < -0.39 is 15.8 Å². The summed E-state index contributed by atoms with van der Waals surface area (Å²) in [5.41, 5.74) is 2.20. The van der Waals surface area contributed by atoms with Crippen molar-refractivity contribution in [2.24, 2.45) is 7.05 Å². The van der Waals surface area contributed by atoms with Crippen LogP contribution < -0.4 is 4.72 Å². The highest BCUT2D eigenvalue weighted by Crippen LogP contribution is 2.18. The molecule has 7 nitrogen and oxygen atoms in total. The fourth-order valence-electron chi connectivity index (χ4n) is 2.39. The van der Waals surface area contributed by atoms with E-state index in [4.69, 9.17) is 0 Å². The minimum atomic E-state index is -3.76. The molecule has 0 radical (unpaired) electrons. The topological polar surface area (TPSA) is 89.8 Å². The Morgan fingerprint density at radius 1 is 1.20 bits per heavy atom. The van der Waals surface area contributed by atoms with Gasteiger partial charge in [0.2, 0.25) is 10.0 Å². The van der Waals surface area contributed by atoms with Crippen molar-refractivity contribution < 1.29 is 12.8 Å². The van der Waals surface area contributed by atoms with Crippen molar-refractivity contribution in [1.29, 1.82) is 0 Å². The van der Waals surface area contributed by atoms with Gasteiger partial charge in [-0.15, -0.1) is 0 Å². The molecule has 1 N–H and O–H groups in total. The molecule has 0 amide bonds. The van der Waals surface area contributed by atoms with Crippen LogP contribution in [0.25, 0.3) is 11.4 Å². The average Bonchev–Trinajstić information content (AvgIpc) is 2.94. The van der Waals surface area contributed by atoms with Crippen LogP contribution in [0.15, 0.2) is 47.8 Å². The zero-order chi connectivity index (χ0) is 18.0. The standard InChI is InChI=1S/C16H16FN5O2S/c1-11-7-12(17)3-4-16(11)25(23,24)20-9-13-8-14(21-22(13)2)15-10-18-5-6-19-15/h3-8,10,20H,9H2,1-2H3. The summed E-state index contributed by atoms with van der Waals surface area (Å²) < 4.78 is 42.1. The fraction of sp³-hybridized carbons (Fsp3) is 0.188. The number of hydrogen-bond acceptors (Lipinski definition) is 5. The molecule has 25 heavy (non-hydrogen) atoms. The van der Waals surface area contributed by atoms with Gasteiger partial charge in [-0.3, -0.25) is 14.6 Å². The number of aromatic nitrogens is 4. The molecule has 0 aliphatic carbocycles. The van der Waals surface area contributed by atoms with Crippen molar-refractivity contribution in [2.45, 2.75) is 18.4 Å². The predicted molar refractivity (Wildman–Crippen MR) is 89.4 cm³/mol. The molecule has 9 heteroatoms. The summed E-state index contributed by atoms with van der Waals surface area (Å²) in [4.78, 5) is 8.20. The van der Waals surface area contributed by atoms with Gasteiger partial charge in [-0.05, 0) is 36.8 Å². The van der Waals surface area contributed by atoms with E-state index in [-0.39, 0.29) is 11.4 Å². The maximum atomic E-state index is 13.2. The van der Waals surface area contributed by atoms with Crippen LogP contribution in [-0.2, 0) is 23.6 Å². The number of aryl methyl sites for hydroxylation is 2. The van der Waals surface area contributed by atoms with Gasteiger partial charge < -0.3 is 0 Å². The van der Waals surface area contributed by atoms with Crippen LogP contribution in [0.1, 0.15) is 11.3 Å². The highest BCUT2D eigenvalue weighted by molar-refractivity contribution is 7.89. The summed E-state index contributed by atoms with van der Waals surface area (Å²) in [6.45, 7) is 1.59. The van der Waals surface area contributed by atoms with E-state index >= 15 is 0 Å². The van der Waals surface area contributed by atoms with E-state index in [1.165, 1.54) is 12.1 Å². The normalized spacial score (nSPS) is 11.6. The maximum absolute atomic E-state index is 13.2. The van der Waals surface area contributed by atoms with Crippen LogP contribution >= 0.6 is 0 Å². The molecule has 1 aromatic carbocycles. The van der Waals surface area contributed by atoms with Gasteiger partial charge >= 0.3 is 0 Å². The van der Waals surface area contributed by atoms with Gasteiger partial charge in [0.25, 0.3) is 0 Å². The zero-order valence-electron chi connectivity index (χ0n) is 13.6. The molecular formula is C16H16FN5O2S. The third-order valence-electron chi connectivity index (χ3n) is 3.67. The Morgan fingerprint density at radius 2 is 2.00 bits per heavy atom. The van der Waals surface area contributed by atoms with Crippen LogP contribution in [0.3, 0.4) is 0 Å². The van der Waals surface area contributed by atoms with Crippen molar-refractivity contribution >= 4 is 10.0 Å². The van der Waals surface area contributed by atoms with Crippen molar-refractivity contribution in [1.82, 2.24) is 24.5 Å². The molecule has 3 rings (SSSR count). The van der Waals surface area contributed by atoms with Crippen LogP contribution in [0.5, 0.6) is 0 Å². The summed E-state index contributed by atoms with van der Waals surface area (Å²) in [6.07, 6.45) is 4.70. The molecule has 0 fully saturated rings. The number of nitrogens with zero attached hydrogens (tertiary/aromatic N) is 4. The first kappa shape index (κ1) is 17.2. The molecule has 0 bridgehead atoms. The number of hydrogen-bond donors (Lipinski definition) is 1. The predicted octanol–water partition coefficient (Wildman–Crippen LogP) is 1.80. The lowest BCUT2D eigenvalue weighted by Gasteiger charge is -2.09. The van der Waals surface area contributed by atoms with Gasteiger partial charge in [0.1, 0.15) is 17.2 Å². The molecule has 130 valence electrons. The Hall–Kier alpha value is -2.65. The molecule has 0 saturated heterocycles. The summed E-state index contributed by atoms with van der Waals surface area (Å²) in [7, 11) is -2.05. The summed E-state index contributed by atoms with van der Waals surface area (Å²) in [6, 6.07) is 5.30. The second-order valence-electron chi connectivity index (χ2n) is 5.47. The molecule has 0 atom stereocenters. The third-order valence-corrected chi connectivity index (χ3v) is 5.23. The summed E-state index contributed by atoms with van der Waals surface area (Å²) in [5.74, 6) is -0.475. The molecule has 0 unspecified atom stereocenters. The SMILES string of the molecule is Cc1cc(F)ccc1S(=O)(=O)NCc1cc(-c2cnccn2)nn1C. The van der Waals surface area contributed by atoms with E-state index in [0.29, 0.717) is 22.6 Å². The first-order valence-corrected chi connectivity index (χ1v) is 8.90. The number of halogens is 1. The number of nitrogens with one attached hydrogen (secondary N) is 1. The van der Waals surface area contributed by atoms with Gasteiger partial charge in [-0.2, -0.15) is 5.10 Å².